The summed E-state index contributed by atoms with van der Waals surface area (Å²) in [6.07, 6.45) is 1.40. The molecule has 1 aliphatic rings. The van der Waals surface area contributed by atoms with Gasteiger partial charge in [0.1, 0.15) is 0 Å². The van der Waals surface area contributed by atoms with E-state index in [4.69, 9.17) is 17.3 Å². The Morgan fingerprint density at radius 1 is 1.32 bits per heavy atom. The number of rotatable bonds is 4. The first-order valence-electron chi connectivity index (χ1n) is 9.00. The second kappa shape index (κ2) is 7.04. The van der Waals surface area contributed by atoms with E-state index in [1.54, 1.807) is 12.1 Å². The number of anilines is 1. The normalized spacial score (nSPS) is 18.2. The summed E-state index contributed by atoms with van der Waals surface area (Å²) in [5.41, 5.74) is 9.30. The number of H-pyrrole nitrogens is 1. The fourth-order valence-corrected chi connectivity index (χ4v) is 5.98. The zero-order valence-corrected chi connectivity index (χ0v) is 16.9. The second-order valence-electron chi connectivity index (χ2n) is 7.01. The number of aryl methyl sites for hydroxylation is 1. The largest absolute Gasteiger partial charge is 0.395 e. The first kappa shape index (κ1) is 19.2. The molecule has 1 aromatic heterocycles. The highest BCUT2D eigenvalue weighted by Crippen LogP contribution is 2.37. The molecule has 1 atom stereocenters. The van der Waals surface area contributed by atoms with Crippen LogP contribution in [0.3, 0.4) is 0 Å². The molecule has 0 saturated carbocycles. The molecule has 0 bridgehead atoms. The fourth-order valence-electron chi connectivity index (χ4n) is 3.92. The van der Waals surface area contributed by atoms with Gasteiger partial charge in [0, 0.05) is 28.6 Å². The highest BCUT2D eigenvalue weighted by Gasteiger charge is 2.35. The number of aromatic nitrogens is 2. The molecule has 1 saturated heterocycles. The van der Waals surface area contributed by atoms with E-state index in [1.165, 1.54) is 10.4 Å². The third kappa shape index (κ3) is 2.97. The molecule has 0 amide bonds. The van der Waals surface area contributed by atoms with Crippen LogP contribution in [0.25, 0.3) is 22.0 Å². The summed E-state index contributed by atoms with van der Waals surface area (Å²) < 4.78 is 27.3. The third-order valence-corrected chi connectivity index (χ3v) is 7.65. The number of nitrogens with two attached hydrogens (primary N) is 1. The van der Waals surface area contributed by atoms with E-state index >= 15 is 0 Å². The highest BCUT2D eigenvalue weighted by molar-refractivity contribution is 7.89. The van der Waals surface area contributed by atoms with Gasteiger partial charge >= 0.3 is 0 Å². The minimum Gasteiger partial charge on any atom is -0.395 e. The number of nitrogen functional groups attached to an aromatic ring is 1. The zero-order chi connectivity index (χ0) is 20.1. The van der Waals surface area contributed by atoms with E-state index in [2.05, 4.69) is 10.2 Å². The Hall–Kier alpha value is -2.13. The number of hydrogen-bond donors (Lipinski definition) is 3. The lowest BCUT2D eigenvalue weighted by Gasteiger charge is -2.22. The van der Waals surface area contributed by atoms with E-state index in [9.17, 15) is 13.5 Å². The first-order chi connectivity index (χ1) is 13.3. The van der Waals surface area contributed by atoms with Gasteiger partial charge < -0.3 is 10.8 Å². The van der Waals surface area contributed by atoms with Gasteiger partial charge in [-0.1, -0.05) is 23.7 Å². The maximum Gasteiger partial charge on any atom is 0.243 e. The summed E-state index contributed by atoms with van der Waals surface area (Å²) >= 11 is 6.50. The lowest BCUT2D eigenvalue weighted by Crippen LogP contribution is -2.37. The Labute approximate surface area is 168 Å². The Morgan fingerprint density at radius 2 is 2.07 bits per heavy atom. The van der Waals surface area contributed by atoms with Crippen LogP contribution in [-0.4, -0.2) is 47.2 Å². The van der Waals surface area contributed by atoms with Crippen molar-refractivity contribution in [3.8, 4) is 11.1 Å². The van der Waals surface area contributed by atoms with Gasteiger partial charge in [0.05, 0.1) is 17.0 Å². The summed E-state index contributed by atoms with van der Waals surface area (Å²) in [5.74, 6) is 0.411. The summed E-state index contributed by atoms with van der Waals surface area (Å²) in [6, 6.07) is 8.15. The molecule has 148 valence electrons. The lowest BCUT2D eigenvalue weighted by atomic mass is 9.97. The molecular formula is C19H21ClN4O3S. The standard InChI is InChI=1S/C19H21ClN4O3S/c1-11-14(6-7-17-18(11)19(21)23-22-17)15-5-4-13(9-16(15)20)28(26,27)24-8-2-3-12(24)10-25/h4-7,9,12,25H,2-3,8,10H2,1H3,(H3,21,22,23)/t12-/m0/s1. The van der Waals surface area contributed by atoms with Crippen LogP contribution >= 0.6 is 11.6 Å². The number of benzene rings is 2. The number of hydrogen-bond acceptors (Lipinski definition) is 5. The molecule has 9 heteroatoms. The van der Waals surface area contributed by atoms with Crippen LogP contribution in [0.15, 0.2) is 35.2 Å². The van der Waals surface area contributed by atoms with Crippen LogP contribution in [0.2, 0.25) is 5.02 Å². The zero-order valence-electron chi connectivity index (χ0n) is 15.3. The molecule has 28 heavy (non-hydrogen) atoms. The maximum atomic E-state index is 13.0. The molecule has 4 rings (SSSR count). The molecule has 0 radical (unpaired) electrons. The van der Waals surface area contributed by atoms with Crippen molar-refractivity contribution in [3.05, 3.63) is 40.9 Å². The third-order valence-electron chi connectivity index (χ3n) is 5.39. The molecule has 7 nitrogen and oxygen atoms in total. The minimum atomic E-state index is -3.71. The van der Waals surface area contributed by atoms with Gasteiger partial charge in [0.15, 0.2) is 5.82 Å². The molecule has 0 unspecified atom stereocenters. The molecule has 1 fully saturated rings. The number of halogens is 1. The van der Waals surface area contributed by atoms with Gasteiger partial charge in [-0.15, -0.1) is 0 Å². The Bertz CT molecular complexity index is 1160. The average molecular weight is 421 g/mol. The number of nitrogens with zero attached hydrogens (tertiary/aromatic N) is 2. The van der Waals surface area contributed by atoms with Crippen molar-refractivity contribution >= 4 is 38.3 Å². The smallest absolute Gasteiger partial charge is 0.243 e. The number of aliphatic hydroxyl groups excluding tert-OH is 1. The maximum absolute atomic E-state index is 13.0. The predicted molar refractivity (Wildman–Crippen MR) is 110 cm³/mol. The Balaban J connectivity index is 1.77. The van der Waals surface area contributed by atoms with E-state index < -0.39 is 10.0 Å². The van der Waals surface area contributed by atoms with Gasteiger partial charge in [-0.05, 0) is 49.1 Å². The van der Waals surface area contributed by atoms with Crippen molar-refractivity contribution in [2.75, 3.05) is 18.9 Å². The molecule has 0 spiro atoms. The van der Waals surface area contributed by atoms with E-state index in [-0.39, 0.29) is 17.5 Å². The number of aromatic amines is 1. The molecular weight excluding hydrogens is 400 g/mol. The van der Waals surface area contributed by atoms with Gasteiger partial charge in [-0.2, -0.15) is 9.40 Å². The molecule has 1 aliphatic heterocycles. The second-order valence-corrected chi connectivity index (χ2v) is 9.30. The van der Waals surface area contributed by atoms with Gasteiger partial charge in [-0.3, -0.25) is 5.10 Å². The molecule has 3 aromatic rings. The van der Waals surface area contributed by atoms with Crippen LogP contribution in [0.1, 0.15) is 18.4 Å². The van der Waals surface area contributed by atoms with Crippen molar-refractivity contribution in [2.24, 2.45) is 0 Å². The molecule has 4 N–H and O–H groups in total. The molecule has 2 aromatic carbocycles. The van der Waals surface area contributed by atoms with Crippen molar-refractivity contribution < 1.29 is 13.5 Å². The summed E-state index contributed by atoms with van der Waals surface area (Å²) in [7, 11) is -3.71. The van der Waals surface area contributed by atoms with Crippen LogP contribution in [-0.2, 0) is 10.0 Å². The van der Waals surface area contributed by atoms with E-state index in [1.807, 2.05) is 19.1 Å². The van der Waals surface area contributed by atoms with Crippen molar-refractivity contribution in [1.29, 1.82) is 0 Å². The first-order valence-corrected chi connectivity index (χ1v) is 10.8. The van der Waals surface area contributed by atoms with E-state index in [0.717, 1.165) is 34.0 Å². The summed E-state index contributed by atoms with van der Waals surface area (Å²) in [4.78, 5) is 0.128. The fraction of sp³-hybridized carbons (Fsp3) is 0.316. The number of aliphatic hydroxyl groups is 1. The van der Waals surface area contributed by atoms with Gasteiger partial charge in [0.2, 0.25) is 10.0 Å². The van der Waals surface area contributed by atoms with Crippen molar-refractivity contribution in [1.82, 2.24) is 14.5 Å². The highest BCUT2D eigenvalue weighted by atomic mass is 35.5. The quantitative estimate of drug-likeness (QED) is 0.600. The van der Waals surface area contributed by atoms with E-state index in [0.29, 0.717) is 23.8 Å². The summed E-state index contributed by atoms with van der Waals surface area (Å²) in [5, 5.41) is 17.5. The van der Waals surface area contributed by atoms with Crippen LogP contribution < -0.4 is 5.73 Å². The van der Waals surface area contributed by atoms with Crippen LogP contribution in [0, 0.1) is 6.92 Å². The topological polar surface area (TPSA) is 112 Å². The van der Waals surface area contributed by atoms with Gasteiger partial charge in [0.25, 0.3) is 0 Å². The lowest BCUT2D eigenvalue weighted by molar-refractivity contribution is 0.213. The minimum absolute atomic E-state index is 0.128. The van der Waals surface area contributed by atoms with Gasteiger partial charge in [-0.25, -0.2) is 8.42 Å². The average Bonchev–Trinajstić information content (AvgIpc) is 3.30. The SMILES string of the molecule is Cc1c(-c2ccc(S(=O)(=O)N3CCC[C@H]3CO)cc2Cl)ccc2[nH]nc(N)c12. The number of fused-ring (bicyclic) bond motifs is 1. The summed E-state index contributed by atoms with van der Waals surface area (Å²) in [6.45, 7) is 2.15. The van der Waals surface area contributed by atoms with Crippen molar-refractivity contribution in [2.45, 2.75) is 30.7 Å². The Kier molecular flexibility index (Phi) is 4.83. The number of sulfonamides is 1. The van der Waals surface area contributed by atoms with Crippen LogP contribution in [0.5, 0.6) is 0 Å². The molecule has 2 heterocycles. The monoisotopic (exact) mass is 420 g/mol. The predicted octanol–water partition coefficient (Wildman–Crippen LogP) is 2.92. The van der Waals surface area contributed by atoms with Crippen LogP contribution in [0.4, 0.5) is 5.82 Å². The molecule has 0 aliphatic carbocycles. The Morgan fingerprint density at radius 3 is 2.79 bits per heavy atom. The number of nitrogens with one attached hydrogen (secondary N) is 1. The van der Waals surface area contributed by atoms with Crippen molar-refractivity contribution in [3.63, 3.8) is 0 Å².